The molecule has 0 aliphatic carbocycles. The van der Waals surface area contributed by atoms with Crippen LogP contribution in [0.4, 0.5) is 0 Å². The molecule has 0 bridgehead atoms. The number of nitrogens with one attached hydrogen (secondary N) is 1. The van der Waals surface area contributed by atoms with Crippen LogP contribution in [0.25, 0.3) is 0 Å². The molecular weight excluding hydrogens is 190 g/mol. The van der Waals surface area contributed by atoms with Gasteiger partial charge in [-0.05, 0) is 19.4 Å². The van der Waals surface area contributed by atoms with Crippen LogP contribution in [-0.4, -0.2) is 48.1 Å². The van der Waals surface area contributed by atoms with Crippen molar-refractivity contribution in [3.8, 4) is 0 Å². The summed E-state index contributed by atoms with van der Waals surface area (Å²) in [6, 6.07) is 0.509. The summed E-state index contributed by atoms with van der Waals surface area (Å²) in [5, 5.41) is 7.60. The number of carbonyl (C=O) groups is 1. The summed E-state index contributed by atoms with van der Waals surface area (Å²) in [4.78, 5) is 11.7. The normalized spacial score (nSPS) is 28.7. The van der Waals surface area contributed by atoms with Gasteiger partial charge < -0.3 is 5.32 Å². The third-order valence-corrected chi connectivity index (χ3v) is 3.38. The van der Waals surface area contributed by atoms with Gasteiger partial charge in [-0.1, -0.05) is 13.3 Å². The Kier molecular flexibility index (Phi) is 3.59. The van der Waals surface area contributed by atoms with E-state index in [1.807, 2.05) is 5.01 Å². The Balaban J connectivity index is 1.88. The lowest BCUT2D eigenvalue weighted by atomic mass is 10.1. The van der Waals surface area contributed by atoms with Crippen LogP contribution in [0.15, 0.2) is 0 Å². The lowest BCUT2D eigenvalue weighted by Gasteiger charge is -2.32. The van der Waals surface area contributed by atoms with Gasteiger partial charge in [-0.2, -0.15) is 0 Å². The molecule has 4 nitrogen and oxygen atoms in total. The first-order chi connectivity index (χ1) is 7.31. The van der Waals surface area contributed by atoms with Crippen molar-refractivity contribution in [3.05, 3.63) is 0 Å². The van der Waals surface area contributed by atoms with E-state index in [1.54, 1.807) is 0 Å². The summed E-state index contributed by atoms with van der Waals surface area (Å²) in [5.74, 6) is 0.296. The van der Waals surface area contributed by atoms with Crippen LogP contribution >= 0.6 is 0 Å². The van der Waals surface area contributed by atoms with Gasteiger partial charge in [0.15, 0.2) is 0 Å². The van der Waals surface area contributed by atoms with Gasteiger partial charge >= 0.3 is 0 Å². The fourth-order valence-corrected chi connectivity index (χ4v) is 2.47. The third kappa shape index (κ3) is 2.49. The number of rotatable bonds is 3. The smallest absolute Gasteiger partial charge is 0.238 e. The van der Waals surface area contributed by atoms with Crippen LogP contribution < -0.4 is 5.32 Å². The molecule has 2 fully saturated rings. The molecular formula is C11H21N3O. The molecule has 0 aromatic heterocycles. The summed E-state index contributed by atoms with van der Waals surface area (Å²) < 4.78 is 0. The van der Waals surface area contributed by atoms with Crippen molar-refractivity contribution in [3.63, 3.8) is 0 Å². The van der Waals surface area contributed by atoms with Crippen LogP contribution in [0.3, 0.4) is 0 Å². The molecule has 4 heteroatoms. The molecule has 2 aliphatic heterocycles. The average Bonchev–Trinajstić information content (AvgIpc) is 2.62. The van der Waals surface area contributed by atoms with Crippen LogP contribution in [0.1, 0.15) is 32.6 Å². The van der Waals surface area contributed by atoms with Gasteiger partial charge in [0.05, 0.1) is 6.54 Å². The van der Waals surface area contributed by atoms with E-state index in [4.69, 9.17) is 0 Å². The van der Waals surface area contributed by atoms with E-state index in [-0.39, 0.29) is 0 Å². The molecule has 1 atom stereocenters. The Labute approximate surface area is 91.6 Å². The second-order valence-corrected chi connectivity index (χ2v) is 4.42. The molecule has 1 unspecified atom stereocenters. The Morgan fingerprint density at radius 3 is 3.00 bits per heavy atom. The molecule has 86 valence electrons. The van der Waals surface area contributed by atoms with Crippen molar-refractivity contribution in [2.75, 3.05) is 26.2 Å². The van der Waals surface area contributed by atoms with Gasteiger partial charge in [0.25, 0.3) is 0 Å². The number of hydrogen-bond acceptors (Lipinski definition) is 3. The van der Waals surface area contributed by atoms with E-state index in [9.17, 15) is 4.79 Å². The molecule has 0 aromatic rings. The minimum absolute atomic E-state index is 0.296. The van der Waals surface area contributed by atoms with Crippen LogP contribution in [0, 0.1) is 0 Å². The van der Waals surface area contributed by atoms with E-state index in [1.165, 1.54) is 19.3 Å². The number of hydrogen-bond donors (Lipinski definition) is 1. The lowest BCUT2D eigenvalue weighted by molar-refractivity contribution is -0.138. The van der Waals surface area contributed by atoms with Crippen LogP contribution in [0.5, 0.6) is 0 Å². The largest absolute Gasteiger partial charge is 0.312 e. The highest BCUT2D eigenvalue weighted by atomic mass is 16.2. The average molecular weight is 211 g/mol. The van der Waals surface area contributed by atoms with Gasteiger partial charge in [-0.3, -0.25) is 9.80 Å². The maximum Gasteiger partial charge on any atom is 0.238 e. The fourth-order valence-electron chi connectivity index (χ4n) is 2.47. The Hall–Kier alpha value is -0.610. The summed E-state index contributed by atoms with van der Waals surface area (Å²) in [5.41, 5.74) is 0. The molecule has 2 aliphatic rings. The van der Waals surface area contributed by atoms with Gasteiger partial charge in [0.1, 0.15) is 0 Å². The van der Waals surface area contributed by atoms with Crippen molar-refractivity contribution in [1.82, 2.24) is 15.3 Å². The molecule has 0 aromatic carbocycles. The molecule has 0 spiro atoms. The predicted octanol–water partition coefficient (Wildman–Crippen LogP) is 0.598. The zero-order chi connectivity index (χ0) is 10.7. The summed E-state index contributed by atoms with van der Waals surface area (Å²) in [6.07, 6.45) is 4.48. The first kappa shape index (κ1) is 10.9. The standard InChI is InChI=1S/C11H21N3O/c1-2-13-8-6-11(15)14(13)9-10-5-3-4-7-12-10/h10,12H,2-9H2,1H3. The highest BCUT2D eigenvalue weighted by Crippen LogP contribution is 2.15. The van der Waals surface area contributed by atoms with Crippen LogP contribution in [0.2, 0.25) is 0 Å². The molecule has 2 heterocycles. The first-order valence-corrected chi connectivity index (χ1v) is 6.10. The second kappa shape index (κ2) is 4.94. The highest BCUT2D eigenvalue weighted by molar-refractivity contribution is 5.77. The van der Waals surface area contributed by atoms with Crippen molar-refractivity contribution < 1.29 is 4.79 Å². The minimum Gasteiger partial charge on any atom is -0.312 e. The van der Waals surface area contributed by atoms with E-state index in [0.29, 0.717) is 18.4 Å². The van der Waals surface area contributed by atoms with Crippen LogP contribution in [-0.2, 0) is 4.79 Å². The number of hydrazine groups is 1. The zero-order valence-corrected chi connectivity index (χ0v) is 9.54. The van der Waals surface area contributed by atoms with Gasteiger partial charge in [0, 0.05) is 25.6 Å². The predicted molar refractivity (Wildman–Crippen MR) is 59.2 cm³/mol. The quantitative estimate of drug-likeness (QED) is 0.742. The molecule has 0 saturated carbocycles. The fraction of sp³-hybridized carbons (Fsp3) is 0.909. The number of nitrogens with zero attached hydrogens (tertiary/aromatic N) is 2. The van der Waals surface area contributed by atoms with Crippen molar-refractivity contribution in [2.24, 2.45) is 0 Å². The third-order valence-electron chi connectivity index (χ3n) is 3.38. The topological polar surface area (TPSA) is 35.6 Å². The minimum atomic E-state index is 0.296. The maximum absolute atomic E-state index is 11.7. The first-order valence-electron chi connectivity index (χ1n) is 6.10. The molecule has 1 amide bonds. The Bertz CT molecular complexity index is 226. The van der Waals surface area contributed by atoms with Crippen molar-refractivity contribution in [2.45, 2.75) is 38.6 Å². The Morgan fingerprint density at radius 1 is 1.47 bits per heavy atom. The van der Waals surface area contributed by atoms with Gasteiger partial charge in [0.2, 0.25) is 5.91 Å². The van der Waals surface area contributed by atoms with Gasteiger partial charge in [-0.25, -0.2) is 5.01 Å². The van der Waals surface area contributed by atoms with Crippen molar-refractivity contribution in [1.29, 1.82) is 0 Å². The molecule has 2 saturated heterocycles. The highest BCUT2D eigenvalue weighted by Gasteiger charge is 2.29. The number of carbonyl (C=O) groups excluding carboxylic acids is 1. The summed E-state index contributed by atoms with van der Waals surface area (Å²) in [7, 11) is 0. The molecule has 1 N–H and O–H groups in total. The number of amides is 1. The molecule has 2 rings (SSSR count). The SMILES string of the molecule is CCN1CCC(=O)N1CC1CCCCN1. The lowest BCUT2D eigenvalue weighted by Crippen LogP contribution is -2.49. The summed E-state index contributed by atoms with van der Waals surface area (Å²) in [6.45, 7) is 5.94. The summed E-state index contributed by atoms with van der Waals surface area (Å²) >= 11 is 0. The molecule has 15 heavy (non-hydrogen) atoms. The van der Waals surface area contributed by atoms with Gasteiger partial charge in [-0.15, -0.1) is 0 Å². The maximum atomic E-state index is 11.7. The zero-order valence-electron chi connectivity index (χ0n) is 9.54. The van der Waals surface area contributed by atoms with E-state index < -0.39 is 0 Å². The van der Waals surface area contributed by atoms with E-state index in [2.05, 4.69) is 17.2 Å². The van der Waals surface area contributed by atoms with E-state index >= 15 is 0 Å². The Morgan fingerprint density at radius 2 is 2.33 bits per heavy atom. The van der Waals surface area contributed by atoms with E-state index in [0.717, 1.165) is 26.2 Å². The monoisotopic (exact) mass is 211 g/mol. The molecule has 0 radical (unpaired) electrons. The second-order valence-electron chi connectivity index (χ2n) is 4.42. The number of piperidine rings is 1. The van der Waals surface area contributed by atoms with Crippen molar-refractivity contribution >= 4 is 5.91 Å².